The number of fused-ring (bicyclic) bond motifs is 1. The second-order valence-corrected chi connectivity index (χ2v) is 8.52. The summed E-state index contributed by atoms with van der Waals surface area (Å²) in [5.41, 5.74) is 5.19. The maximum atomic E-state index is 12.9. The highest BCUT2D eigenvalue weighted by Crippen LogP contribution is 2.34. The van der Waals surface area contributed by atoms with E-state index in [1.807, 2.05) is 36.4 Å². The van der Waals surface area contributed by atoms with E-state index in [1.54, 1.807) is 30.3 Å². The van der Waals surface area contributed by atoms with Crippen LogP contribution in [0.2, 0.25) is 0 Å². The molecule has 9 nitrogen and oxygen atoms in total. The number of ether oxygens (including phenoxy) is 3. The number of rotatable bonds is 11. The van der Waals surface area contributed by atoms with Crippen LogP contribution in [0.25, 0.3) is 10.8 Å². The highest BCUT2D eigenvalue weighted by Gasteiger charge is 2.15. The summed E-state index contributed by atoms with van der Waals surface area (Å²) < 4.78 is 17.0. The molecule has 4 aromatic carbocycles. The molecule has 0 aliphatic rings. The van der Waals surface area contributed by atoms with E-state index in [-0.39, 0.29) is 12.3 Å². The first-order valence-corrected chi connectivity index (χ1v) is 12.0. The van der Waals surface area contributed by atoms with Crippen molar-refractivity contribution >= 4 is 28.6 Å². The van der Waals surface area contributed by atoms with Gasteiger partial charge >= 0.3 is 0 Å². The van der Waals surface area contributed by atoms with Crippen molar-refractivity contribution in [3.63, 3.8) is 0 Å². The van der Waals surface area contributed by atoms with Gasteiger partial charge < -0.3 is 14.2 Å². The van der Waals surface area contributed by atoms with Crippen LogP contribution in [0.1, 0.15) is 27.0 Å². The van der Waals surface area contributed by atoms with Gasteiger partial charge in [0, 0.05) is 17.7 Å². The molecule has 0 fully saturated rings. The number of nitro groups is 1. The normalized spacial score (nSPS) is 10.8. The molecule has 0 spiro atoms. The van der Waals surface area contributed by atoms with E-state index in [9.17, 15) is 14.9 Å². The molecule has 4 rings (SSSR count). The number of nitrogens with zero attached hydrogens (tertiary/aromatic N) is 2. The van der Waals surface area contributed by atoms with Crippen molar-refractivity contribution in [2.24, 2.45) is 5.10 Å². The van der Waals surface area contributed by atoms with Gasteiger partial charge in [0.2, 0.25) is 0 Å². The van der Waals surface area contributed by atoms with Crippen LogP contribution >= 0.6 is 0 Å². The fraction of sp³-hybridized carbons (Fsp3) is 0.133. The predicted octanol–water partition coefficient (Wildman–Crippen LogP) is 5.84. The molecule has 0 bridgehead atoms. The van der Waals surface area contributed by atoms with E-state index in [4.69, 9.17) is 14.2 Å². The minimum absolute atomic E-state index is 0.0125. The average molecular weight is 526 g/mol. The Morgan fingerprint density at radius 2 is 1.69 bits per heavy atom. The molecule has 0 saturated carbocycles. The van der Waals surface area contributed by atoms with Crippen molar-refractivity contribution in [3.05, 3.63) is 118 Å². The SMILES string of the molecule is C=CCc1cc(/C=N\NC(=O)c2cc3ccccc3cc2OC)cc(OC)c1OCc1ccc([N+](=O)[O-])cc1. The molecule has 1 amide bonds. The van der Waals surface area contributed by atoms with Gasteiger partial charge in [-0.15, -0.1) is 6.58 Å². The predicted molar refractivity (Wildman–Crippen MR) is 150 cm³/mol. The van der Waals surface area contributed by atoms with Gasteiger partial charge in [0.1, 0.15) is 12.4 Å². The largest absolute Gasteiger partial charge is 0.496 e. The third-order valence-electron chi connectivity index (χ3n) is 5.96. The number of carbonyl (C=O) groups excluding carboxylic acids is 1. The summed E-state index contributed by atoms with van der Waals surface area (Å²) >= 11 is 0. The van der Waals surface area contributed by atoms with Crippen molar-refractivity contribution in [1.82, 2.24) is 5.43 Å². The summed E-state index contributed by atoms with van der Waals surface area (Å²) in [5.74, 6) is 1.04. The number of carbonyl (C=O) groups is 1. The molecule has 0 radical (unpaired) electrons. The minimum Gasteiger partial charge on any atom is -0.496 e. The second kappa shape index (κ2) is 12.4. The molecule has 9 heteroatoms. The Bertz CT molecular complexity index is 1550. The van der Waals surface area contributed by atoms with Gasteiger partial charge in [-0.1, -0.05) is 30.3 Å². The maximum absolute atomic E-state index is 12.9. The lowest BCUT2D eigenvalue weighted by atomic mass is 10.1. The number of nitrogens with one attached hydrogen (secondary N) is 1. The van der Waals surface area contributed by atoms with Crippen molar-refractivity contribution in [3.8, 4) is 17.2 Å². The van der Waals surface area contributed by atoms with E-state index in [0.717, 1.165) is 21.9 Å². The monoisotopic (exact) mass is 525 g/mol. The third-order valence-corrected chi connectivity index (χ3v) is 5.96. The Labute approximate surface area is 225 Å². The molecular formula is C30H27N3O6. The number of nitro benzene ring substituents is 1. The molecule has 0 aromatic heterocycles. The number of benzene rings is 4. The molecule has 0 saturated heterocycles. The van der Waals surface area contributed by atoms with E-state index in [0.29, 0.717) is 34.8 Å². The van der Waals surface area contributed by atoms with Crippen molar-refractivity contribution in [1.29, 1.82) is 0 Å². The summed E-state index contributed by atoms with van der Waals surface area (Å²) in [6.45, 7) is 4.01. The van der Waals surface area contributed by atoms with Gasteiger partial charge in [-0.05, 0) is 64.7 Å². The lowest BCUT2D eigenvalue weighted by Gasteiger charge is -2.16. The number of hydrogen-bond acceptors (Lipinski definition) is 7. The first-order chi connectivity index (χ1) is 18.9. The fourth-order valence-electron chi connectivity index (χ4n) is 4.04. The molecule has 1 N–H and O–H groups in total. The minimum atomic E-state index is -0.448. The van der Waals surface area contributed by atoms with E-state index in [2.05, 4.69) is 17.1 Å². The van der Waals surface area contributed by atoms with Crippen LogP contribution in [-0.4, -0.2) is 31.3 Å². The van der Waals surface area contributed by atoms with Gasteiger partial charge in [0.25, 0.3) is 11.6 Å². The van der Waals surface area contributed by atoms with E-state index >= 15 is 0 Å². The third kappa shape index (κ3) is 6.40. The number of non-ortho nitro benzene ring substituents is 1. The lowest BCUT2D eigenvalue weighted by Crippen LogP contribution is -2.18. The smallest absolute Gasteiger partial charge is 0.275 e. The Morgan fingerprint density at radius 3 is 2.33 bits per heavy atom. The summed E-state index contributed by atoms with van der Waals surface area (Å²) in [5, 5.41) is 16.9. The Balaban J connectivity index is 1.52. The Kier molecular flexibility index (Phi) is 8.53. The summed E-state index contributed by atoms with van der Waals surface area (Å²) in [6.07, 6.45) is 3.75. The van der Waals surface area contributed by atoms with E-state index in [1.165, 1.54) is 32.6 Å². The molecule has 0 atom stereocenters. The summed E-state index contributed by atoms with van der Waals surface area (Å²) in [4.78, 5) is 23.3. The van der Waals surface area contributed by atoms with Gasteiger partial charge in [-0.3, -0.25) is 14.9 Å². The molecule has 39 heavy (non-hydrogen) atoms. The van der Waals surface area contributed by atoms with Crippen molar-refractivity contribution < 1.29 is 23.9 Å². The topological polar surface area (TPSA) is 112 Å². The van der Waals surface area contributed by atoms with E-state index < -0.39 is 10.8 Å². The molecule has 4 aromatic rings. The summed E-state index contributed by atoms with van der Waals surface area (Å²) in [6, 6.07) is 21.0. The Morgan fingerprint density at radius 1 is 1.00 bits per heavy atom. The highest BCUT2D eigenvalue weighted by atomic mass is 16.6. The quantitative estimate of drug-likeness (QED) is 0.114. The van der Waals surface area contributed by atoms with Crippen LogP contribution in [0.15, 0.2) is 90.6 Å². The van der Waals surface area contributed by atoms with Crippen molar-refractivity contribution in [2.45, 2.75) is 13.0 Å². The van der Waals surface area contributed by atoms with Gasteiger partial charge in [0.15, 0.2) is 11.5 Å². The average Bonchev–Trinajstić information content (AvgIpc) is 2.95. The molecule has 0 unspecified atom stereocenters. The first kappa shape index (κ1) is 26.9. The number of amides is 1. The van der Waals surface area contributed by atoms with Crippen LogP contribution in [0, 0.1) is 10.1 Å². The first-order valence-electron chi connectivity index (χ1n) is 12.0. The van der Waals surface area contributed by atoms with Crippen LogP contribution in [0.3, 0.4) is 0 Å². The zero-order valence-corrected chi connectivity index (χ0v) is 21.5. The molecule has 198 valence electrons. The molecule has 0 heterocycles. The number of hydrazone groups is 1. The van der Waals surface area contributed by atoms with Gasteiger partial charge in [-0.25, -0.2) is 5.43 Å². The number of allylic oxidation sites excluding steroid dienone is 1. The lowest BCUT2D eigenvalue weighted by molar-refractivity contribution is -0.384. The standard InChI is InChI=1S/C30H27N3O6/c1-4-7-24-14-21(15-28(38-3)29(24)39-19-20-10-12-25(13-11-20)33(35)36)18-31-32-30(34)26-16-22-8-5-6-9-23(22)17-27(26)37-2/h4-6,8-18H,1,7,19H2,2-3H3,(H,32,34)/b31-18-. The maximum Gasteiger partial charge on any atom is 0.275 e. The van der Waals surface area contributed by atoms with Crippen LogP contribution in [0.5, 0.6) is 17.2 Å². The van der Waals surface area contributed by atoms with Crippen LogP contribution in [0.4, 0.5) is 5.69 Å². The van der Waals surface area contributed by atoms with Crippen LogP contribution in [-0.2, 0) is 13.0 Å². The second-order valence-electron chi connectivity index (χ2n) is 8.52. The number of hydrogen-bond donors (Lipinski definition) is 1. The molecule has 0 aliphatic carbocycles. The highest BCUT2D eigenvalue weighted by molar-refractivity contribution is 6.02. The number of methoxy groups -OCH3 is 2. The van der Waals surface area contributed by atoms with Crippen molar-refractivity contribution in [2.75, 3.05) is 14.2 Å². The van der Waals surface area contributed by atoms with Gasteiger partial charge in [0.05, 0.1) is 30.9 Å². The van der Waals surface area contributed by atoms with Gasteiger partial charge in [-0.2, -0.15) is 5.10 Å². The zero-order chi connectivity index (χ0) is 27.8. The Hall–Kier alpha value is -5.18. The molecule has 0 aliphatic heterocycles. The molecular weight excluding hydrogens is 498 g/mol. The summed E-state index contributed by atoms with van der Waals surface area (Å²) in [7, 11) is 3.04. The van der Waals surface area contributed by atoms with Crippen LogP contribution < -0.4 is 19.6 Å². The fourth-order valence-corrected chi connectivity index (χ4v) is 4.04. The zero-order valence-electron chi connectivity index (χ0n) is 21.5.